The van der Waals surface area contributed by atoms with Crippen molar-refractivity contribution in [2.24, 2.45) is 5.92 Å². The maximum Gasteiger partial charge on any atom is 0.243 e. The lowest BCUT2D eigenvalue weighted by Crippen LogP contribution is -2.40. The van der Waals surface area contributed by atoms with E-state index in [1.54, 1.807) is 16.4 Å². The summed E-state index contributed by atoms with van der Waals surface area (Å²) in [6.07, 6.45) is 1.11. The normalized spacial score (nSPS) is 22.0. The SMILES string of the molecule is Cc1ccc(S(=O)(=O)N2CCC(C#N)CC2c2ccccc2)cc1. The summed E-state index contributed by atoms with van der Waals surface area (Å²) < 4.78 is 27.8. The zero-order chi connectivity index (χ0) is 17.2. The second-order valence-electron chi connectivity index (χ2n) is 6.21. The summed E-state index contributed by atoms with van der Waals surface area (Å²) in [6, 6.07) is 18.5. The Morgan fingerprint density at radius 2 is 1.75 bits per heavy atom. The molecule has 0 amide bonds. The van der Waals surface area contributed by atoms with Crippen LogP contribution in [0.5, 0.6) is 0 Å². The van der Waals surface area contributed by atoms with Crippen molar-refractivity contribution in [3.05, 3.63) is 65.7 Å². The highest BCUT2D eigenvalue weighted by molar-refractivity contribution is 7.89. The molecule has 0 bridgehead atoms. The van der Waals surface area contributed by atoms with Gasteiger partial charge in [-0.25, -0.2) is 8.42 Å². The smallest absolute Gasteiger partial charge is 0.207 e. The van der Waals surface area contributed by atoms with Gasteiger partial charge >= 0.3 is 0 Å². The van der Waals surface area contributed by atoms with E-state index in [1.165, 1.54) is 0 Å². The van der Waals surface area contributed by atoms with Crippen LogP contribution in [0.15, 0.2) is 59.5 Å². The van der Waals surface area contributed by atoms with E-state index in [-0.39, 0.29) is 12.0 Å². The first-order chi connectivity index (χ1) is 11.5. The fourth-order valence-electron chi connectivity index (χ4n) is 3.17. The highest BCUT2D eigenvalue weighted by Gasteiger charge is 2.37. The van der Waals surface area contributed by atoms with Gasteiger partial charge in [-0.2, -0.15) is 9.57 Å². The van der Waals surface area contributed by atoms with E-state index >= 15 is 0 Å². The first-order valence-electron chi connectivity index (χ1n) is 8.05. The molecule has 0 aromatic heterocycles. The molecule has 0 saturated carbocycles. The highest BCUT2D eigenvalue weighted by Crippen LogP contribution is 2.37. The minimum Gasteiger partial charge on any atom is -0.207 e. The Bertz CT molecular complexity index is 839. The summed E-state index contributed by atoms with van der Waals surface area (Å²) in [7, 11) is -3.58. The first-order valence-corrected chi connectivity index (χ1v) is 9.49. The molecule has 3 rings (SSSR count). The van der Waals surface area contributed by atoms with Crippen LogP contribution in [0.2, 0.25) is 0 Å². The molecule has 0 N–H and O–H groups in total. The van der Waals surface area contributed by atoms with Crippen LogP contribution >= 0.6 is 0 Å². The van der Waals surface area contributed by atoms with Crippen molar-refractivity contribution in [2.75, 3.05) is 6.54 Å². The molecule has 1 heterocycles. The van der Waals surface area contributed by atoms with Gasteiger partial charge in [0.2, 0.25) is 10.0 Å². The predicted octanol–water partition coefficient (Wildman–Crippen LogP) is 3.66. The number of piperidine rings is 1. The van der Waals surface area contributed by atoms with Gasteiger partial charge in [0.15, 0.2) is 0 Å². The van der Waals surface area contributed by atoms with Gasteiger partial charge in [0.1, 0.15) is 0 Å². The summed E-state index contributed by atoms with van der Waals surface area (Å²) in [4.78, 5) is 0.310. The zero-order valence-electron chi connectivity index (χ0n) is 13.6. The van der Waals surface area contributed by atoms with Crippen molar-refractivity contribution in [2.45, 2.75) is 30.7 Å². The van der Waals surface area contributed by atoms with Gasteiger partial charge in [-0.05, 0) is 37.5 Å². The lowest BCUT2D eigenvalue weighted by Gasteiger charge is -2.36. The van der Waals surface area contributed by atoms with E-state index in [4.69, 9.17) is 0 Å². The third-order valence-corrected chi connectivity index (χ3v) is 6.47. The third-order valence-electron chi connectivity index (χ3n) is 4.55. The summed E-state index contributed by atoms with van der Waals surface area (Å²) in [5, 5.41) is 9.27. The van der Waals surface area contributed by atoms with E-state index in [0.717, 1.165) is 11.1 Å². The molecule has 1 saturated heterocycles. The number of rotatable bonds is 3. The Balaban J connectivity index is 2.00. The summed E-state index contributed by atoms with van der Waals surface area (Å²) in [5.41, 5.74) is 1.96. The van der Waals surface area contributed by atoms with Gasteiger partial charge in [0, 0.05) is 12.5 Å². The number of nitrogens with zero attached hydrogens (tertiary/aromatic N) is 2. The zero-order valence-corrected chi connectivity index (χ0v) is 14.4. The van der Waals surface area contributed by atoms with Gasteiger partial charge in [0.25, 0.3) is 0 Å². The molecule has 5 heteroatoms. The molecule has 1 fully saturated rings. The number of sulfonamides is 1. The van der Waals surface area contributed by atoms with Crippen LogP contribution in [0.1, 0.15) is 30.0 Å². The Labute approximate surface area is 143 Å². The molecule has 1 aliphatic rings. The van der Waals surface area contributed by atoms with Crippen LogP contribution in [0.25, 0.3) is 0 Å². The number of benzene rings is 2. The second-order valence-corrected chi connectivity index (χ2v) is 8.10. The van der Waals surface area contributed by atoms with E-state index in [1.807, 2.05) is 49.4 Å². The quantitative estimate of drug-likeness (QED) is 0.856. The molecule has 0 spiro atoms. The van der Waals surface area contributed by atoms with Crippen LogP contribution in [0, 0.1) is 24.2 Å². The topological polar surface area (TPSA) is 61.2 Å². The summed E-state index contributed by atoms with van der Waals surface area (Å²) in [6.45, 7) is 2.30. The molecule has 1 aliphatic heterocycles. The van der Waals surface area contributed by atoms with E-state index in [2.05, 4.69) is 6.07 Å². The average Bonchev–Trinajstić information content (AvgIpc) is 2.62. The Hall–Kier alpha value is -2.16. The fourth-order valence-corrected chi connectivity index (χ4v) is 4.81. The van der Waals surface area contributed by atoms with Crippen molar-refractivity contribution in [3.63, 3.8) is 0 Å². The van der Waals surface area contributed by atoms with Crippen molar-refractivity contribution < 1.29 is 8.42 Å². The van der Waals surface area contributed by atoms with Crippen molar-refractivity contribution in [1.29, 1.82) is 5.26 Å². The average molecular weight is 340 g/mol. The minimum absolute atomic E-state index is 0.111. The van der Waals surface area contributed by atoms with Gasteiger partial charge < -0.3 is 0 Å². The molecule has 0 aliphatic carbocycles. The van der Waals surface area contributed by atoms with Crippen LogP contribution in [0.3, 0.4) is 0 Å². The summed E-state index contributed by atoms with van der Waals surface area (Å²) in [5.74, 6) is -0.111. The first kappa shape index (κ1) is 16.7. The van der Waals surface area contributed by atoms with E-state index in [9.17, 15) is 13.7 Å². The molecular formula is C19H20N2O2S. The van der Waals surface area contributed by atoms with Gasteiger partial charge in [-0.1, -0.05) is 48.0 Å². The second kappa shape index (κ2) is 6.76. The fraction of sp³-hybridized carbons (Fsp3) is 0.316. The minimum atomic E-state index is -3.58. The lowest BCUT2D eigenvalue weighted by molar-refractivity contribution is 0.225. The Morgan fingerprint density at radius 3 is 2.38 bits per heavy atom. The van der Waals surface area contributed by atoms with Crippen LogP contribution < -0.4 is 0 Å². The molecule has 124 valence electrons. The van der Waals surface area contributed by atoms with Gasteiger partial charge in [-0.3, -0.25) is 0 Å². The molecule has 2 atom stereocenters. The molecule has 0 radical (unpaired) electrons. The largest absolute Gasteiger partial charge is 0.243 e. The van der Waals surface area contributed by atoms with E-state index in [0.29, 0.717) is 24.3 Å². The van der Waals surface area contributed by atoms with Gasteiger partial charge in [0.05, 0.1) is 17.0 Å². The molecule has 2 aromatic carbocycles. The van der Waals surface area contributed by atoms with Crippen LogP contribution in [0.4, 0.5) is 0 Å². The standard InChI is InChI=1S/C19H20N2O2S/c1-15-7-9-18(10-8-15)24(22,23)21-12-11-16(14-20)13-19(21)17-5-3-2-4-6-17/h2-10,16,19H,11-13H2,1H3. The van der Waals surface area contributed by atoms with Crippen LogP contribution in [-0.2, 0) is 10.0 Å². The molecular weight excluding hydrogens is 320 g/mol. The molecule has 24 heavy (non-hydrogen) atoms. The number of nitriles is 1. The lowest BCUT2D eigenvalue weighted by atomic mass is 9.90. The highest BCUT2D eigenvalue weighted by atomic mass is 32.2. The number of hydrogen-bond acceptors (Lipinski definition) is 3. The number of hydrogen-bond donors (Lipinski definition) is 0. The van der Waals surface area contributed by atoms with Crippen LogP contribution in [-0.4, -0.2) is 19.3 Å². The van der Waals surface area contributed by atoms with Gasteiger partial charge in [-0.15, -0.1) is 0 Å². The maximum atomic E-state index is 13.1. The predicted molar refractivity (Wildman–Crippen MR) is 92.6 cm³/mol. The molecule has 2 aromatic rings. The third kappa shape index (κ3) is 3.21. The van der Waals surface area contributed by atoms with Crippen molar-refractivity contribution in [1.82, 2.24) is 4.31 Å². The van der Waals surface area contributed by atoms with Crippen molar-refractivity contribution >= 4 is 10.0 Å². The maximum absolute atomic E-state index is 13.1. The van der Waals surface area contributed by atoms with Crippen molar-refractivity contribution in [3.8, 4) is 6.07 Å². The Morgan fingerprint density at radius 1 is 1.08 bits per heavy atom. The number of aryl methyl sites for hydroxylation is 1. The summed E-state index contributed by atoms with van der Waals surface area (Å²) >= 11 is 0. The molecule has 2 unspecified atom stereocenters. The Kier molecular flexibility index (Phi) is 4.70. The monoisotopic (exact) mass is 340 g/mol. The molecule has 4 nitrogen and oxygen atoms in total. The van der Waals surface area contributed by atoms with E-state index < -0.39 is 10.0 Å².